The first-order valence-electron chi connectivity index (χ1n) is 37.3. The molecule has 8 aliphatic rings. The van der Waals surface area contributed by atoms with Crippen LogP contribution >= 0.6 is 0 Å². The molecule has 4 heterocycles. The van der Waals surface area contributed by atoms with Gasteiger partial charge in [0.15, 0.2) is 5.78 Å². The minimum Gasteiger partial charge on any atom is -0.444 e. The van der Waals surface area contributed by atoms with Crippen LogP contribution in [0.2, 0.25) is 0 Å². The standard InChI is InChI=1S/C79H109N9O13/c1-11-39-79(99)40-38-60-57-34-30-53-48-55(89)33-35-56(53)67(57)59(49-78(60,79)8)52-28-31-54(32-29-52)82(9)43-24-27-66(91)86-46-44-84(74(97)100-76(2,3)4)51-64(86)72(95)87-47-45-85(75(98)101-77(5,6)7)50-63(87)71(94)83(10)42-22-20-18-16-14-12-13-15-17-19-21-41-80-61-26-23-25-58-68(61)73(96)88(70(58)93)62-36-37-65(90)81-69(62)92/h23,25-26,28-29,31-32,48,57,59-60,62-64,80,99H,12-22,24,27,30,33-38,40-47,49-51H2,1-10H3,(H,81,90,92)/t57-,59+,60-,62?,63?,64?,78-,79-/m0/s1. The molecule has 3 saturated heterocycles. The van der Waals surface area contributed by atoms with Crippen molar-refractivity contribution < 1.29 is 62.5 Å². The number of nitrogens with one attached hydrogen (secondary N) is 2. The molecule has 2 aromatic rings. The summed E-state index contributed by atoms with van der Waals surface area (Å²) < 4.78 is 11.6. The van der Waals surface area contributed by atoms with E-state index in [0.717, 1.165) is 113 Å². The lowest BCUT2D eigenvalue weighted by Gasteiger charge is -2.53. The van der Waals surface area contributed by atoms with Gasteiger partial charge in [-0.2, -0.15) is 0 Å². The Kier molecular flexibility index (Phi) is 24.0. The van der Waals surface area contributed by atoms with Crippen LogP contribution in [0.3, 0.4) is 0 Å². The van der Waals surface area contributed by atoms with Crippen molar-refractivity contribution in [2.24, 2.45) is 17.3 Å². The normalized spacial score (nSPS) is 25.1. The van der Waals surface area contributed by atoms with Crippen LogP contribution in [0, 0.1) is 29.1 Å². The van der Waals surface area contributed by atoms with Crippen LogP contribution in [0.15, 0.2) is 65.3 Å². The van der Waals surface area contributed by atoms with Gasteiger partial charge in [0.25, 0.3) is 11.8 Å². The highest BCUT2D eigenvalue weighted by molar-refractivity contribution is 6.25. The number of ketones is 1. The zero-order chi connectivity index (χ0) is 72.7. The van der Waals surface area contributed by atoms with Crippen LogP contribution < -0.4 is 15.5 Å². The molecule has 0 spiro atoms. The highest BCUT2D eigenvalue weighted by Crippen LogP contribution is 2.66. The number of benzene rings is 2. The van der Waals surface area contributed by atoms with Gasteiger partial charge < -0.3 is 49.3 Å². The molecule has 101 heavy (non-hydrogen) atoms. The number of nitrogens with zero attached hydrogens (tertiary/aromatic N) is 7. The third-order valence-electron chi connectivity index (χ3n) is 22.4. The zero-order valence-corrected chi connectivity index (χ0v) is 61.5. The summed E-state index contributed by atoms with van der Waals surface area (Å²) in [5, 5.41) is 17.8. The average Bonchev–Trinajstić information content (AvgIpc) is 1.64. The molecule has 2 aromatic carbocycles. The van der Waals surface area contributed by atoms with Crippen LogP contribution in [0.1, 0.15) is 229 Å². The number of carbonyl (C=O) groups is 10. The quantitative estimate of drug-likeness (QED) is 0.0502. The number of aliphatic hydroxyl groups is 1. The molecule has 3 unspecified atom stereocenters. The van der Waals surface area contributed by atoms with Crippen molar-refractivity contribution >= 4 is 70.7 Å². The molecule has 10 rings (SSSR count). The van der Waals surface area contributed by atoms with Crippen molar-refractivity contribution in [3.8, 4) is 11.8 Å². The Morgan fingerprint density at radius 2 is 1.33 bits per heavy atom. The maximum absolute atomic E-state index is 15.4. The molecule has 0 radical (unpaired) electrons. The van der Waals surface area contributed by atoms with E-state index >= 15 is 4.79 Å². The molecule has 4 aliphatic carbocycles. The van der Waals surface area contributed by atoms with Crippen LogP contribution in [0.4, 0.5) is 21.0 Å². The van der Waals surface area contributed by atoms with E-state index in [2.05, 4.69) is 58.6 Å². The van der Waals surface area contributed by atoms with Gasteiger partial charge in [-0.3, -0.25) is 48.6 Å². The number of anilines is 2. The Balaban J connectivity index is 0.711. The Bertz CT molecular complexity index is 3610. The van der Waals surface area contributed by atoms with Gasteiger partial charge in [-0.25, -0.2) is 9.59 Å². The van der Waals surface area contributed by atoms with Gasteiger partial charge in [0.1, 0.15) is 34.9 Å². The molecule has 22 nitrogen and oxygen atoms in total. The van der Waals surface area contributed by atoms with Crippen LogP contribution in [0.25, 0.3) is 0 Å². The van der Waals surface area contributed by atoms with Crippen LogP contribution in [-0.2, 0) is 38.2 Å². The number of imide groups is 2. The topological polar surface area (TPSA) is 256 Å². The highest BCUT2D eigenvalue weighted by Gasteiger charge is 2.63. The van der Waals surface area contributed by atoms with Gasteiger partial charge in [-0.05, 0) is 172 Å². The maximum Gasteiger partial charge on any atom is 0.410 e. The van der Waals surface area contributed by atoms with Gasteiger partial charge >= 0.3 is 12.2 Å². The average molecular weight is 1390 g/mol. The van der Waals surface area contributed by atoms with E-state index in [0.29, 0.717) is 56.4 Å². The number of likely N-dealkylation sites (N-methyl/N-ethyl adjacent to an activating group) is 1. The molecule has 3 N–H and O–H groups in total. The van der Waals surface area contributed by atoms with E-state index in [4.69, 9.17) is 9.47 Å². The predicted molar refractivity (Wildman–Crippen MR) is 384 cm³/mol. The summed E-state index contributed by atoms with van der Waals surface area (Å²) in [6.45, 7) is 16.3. The molecule has 4 aliphatic heterocycles. The molecule has 9 amide bonds. The highest BCUT2D eigenvalue weighted by atomic mass is 16.6. The van der Waals surface area contributed by atoms with Crippen molar-refractivity contribution in [2.75, 3.05) is 83.2 Å². The van der Waals surface area contributed by atoms with Gasteiger partial charge in [0.2, 0.25) is 29.5 Å². The third-order valence-corrected chi connectivity index (χ3v) is 22.4. The summed E-state index contributed by atoms with van der Waals surface area (Å²) in [7, 11) is 3.72. The number of fused-ring (bicyclic) bond motifs is 5. The van der Waals surface area contributed by atoms with Crippen molar-refractivity contribution in [1.82, 2.24) is 34.7 Å². The lowest BCUT2D eigenvalue weighted by Crippen LogP contribution is -2.68. The molecule has 8 atom stereocenters. The van der Waals surface area contributed by atoms with Gasteiger partial charge in [-0.1, -0.05) is 94.4 Å². The summed E-state index contributed by atoms with van der Waals surface area (Å²) in [6.07, 6.45) is 17.9. The zero-order valence-electron chi connectivity index (χ0n) is 61.5. The number of amides is 9. The minimum atomic E-state index is -1.13. The number of hydrogen-bond acceptors (Lipinski definition) is 15. The largest absolute Gasteiger partial charge is 0.444 e. The molecular weight excluding hydrogens is 1280 g/mol. The molecule has 22 heteroatoms. The first-order valence-corrected chi connectivity index (χ1v) is 37.3. The van der Waals surface area contributed by atoms with Gasteiger partial charge in [0.05, 0.1) is 24.2 Å². The second-order valence-electron chi connectivity index (χ2n) is 31.6. The van der Waals surface area contributed by atoms with Gasteiger partial charge in [-0.15, -0.1) is 5.92 Å². The first-order chi connectivity index (χ1) is 48.0. The number of ether oxygens (including phenoxy) is 2. The SMILES string of the molecule is CC#C[C@]1(O)CC[C@H]2[C@@H]3CCC4=CC(=O)CCC4=C3[C@@H](c3ccc(N(C)CCCC(=O)N4CCN(C(=O)OC(C)(C)C)CC4C(=O)N4CCN(C(=O)OC(C)(C)C)CC4C(=O)N(C)CCCCCCCCCCCCCNc4cccc5c4C(=O)N(C4CCC(=O)NC4=O)C5=O)cc3)C[C@@]21C. The van der Waals surface area contributed by atoms with Crippen molar-refractivity contribution in [3.63, 3.8) is 0 Å². The predicted octanol–water partition coefficient (Wildman–Crippen LogP) is 10.7. The van der Waals surface area contributed by atoms with E-state index in [-0.39, 0.29) is 93.2 Å². The smallest absolute Gasteiger partial charge is 0.410 e. The number of rotatable bonds is 24. The van der Waals surface area contributed by atoms with E-state index in [9.17, 15) is 48.3 Å². The second-order valence-corrected chi connectivity index (χ2v) is 31.6. The molecule has 5 fully saturated rings. The Morgan fingerprint density at radius 1 is 0.703 bits per heavy atom. The van der Waals surface area contributed by atoms with Gasteiger partial charge in [0, 0.05) is 102 Å². The molecule has 0 bridgehead atoms. The fourth-order valence-corrected chi connectivity index (χ4v) is 17.1. The summed E-state index contributed by atoms with van der Waals surface area (Å²) in [5.41, 5.74) is 4.09. The number of hydrogen-bond donors (Lipinski definition) is 3. The van der Waals surface area contributed by atoms with E-state index in [1.807, 2.05) is 20.0 Å². The number of unbranched alkanes of at least 4 members (excludes halogenated alkanes) is 10. The van der Waals surface area contributed by atoms with E-state index in [1.165, 1.54) is 37.0 Å². The minimum absolute atomic E-state index is 0.00187. The van der Waals surface area contributed by atoms with Crippen molar-refractivity contribution in [1.29, 1.82) is 0 Å². The van der Waals surface area contributed by atoms with Crippen LogP contribution in [0.5, 0.6) is 0 Å². The number of piperazine rings is 2. The number of carbonyl (C=O) groups excluding carboxylic acids is 10. The Hall–Kier alpha value is -8.06. The summed E-state index contributed by atoms with van der Waals surface area (Å²) in [5.74, 6) is 4.01. The maximum atomic E-state index is 15.4. The molecule has 2 saturated carbocycles. The number of piperidine rings is 1. The Labute approximate surface area is 597 Å². The molecule has 0 aromatic heterocycles. The molecule has 548 valence electrons. The van der Waals surface area contributed by atoms with Crippen molar-refractivity contribution in [2.45, 2.75) is 237 Å². The summed E-state index contributed by atoms with van der Waals surface area (Å²) >= 11 is 0. The fraction of sp³-hybridized carbons (Fsp3) is 0.646. The van der Waals surface area contributed by atoms with E-state index in [1.54, 1.807) is 76.6 Å². The monoisotopic (exact) mass is 1390 g/mol. The lowest BCUT2D eigenvalue weighted by atomic mass is 9.51. The summed E-state index contributed by atoms with van der Waals surface area (Å²) in [4.78, 5) is 147. The fourth-order valence-electron chi connectivity index (χ4n) is 17.1. The summed E-state index contributed by atoms with van der Waals surface area (Å²) in [6, 6.07) is 10.5. The Morgan fingerprint density at radius 3 is 1.96 bits per heavy atom. The lowest BCUT2D eigenvalue weighted by molar-refractivity contribution is -0.157. The van der Waals surface area contributed by atoms with E-state index < -0.39 is 82.1 Å². The molecular formula is C79H109N9O13. The van der Waals surface area contributed by atoms with Crippen molar-refractivity contribution in [3.05, 3.63) is 82.0 Å². The second kappa shape index (κ2) is 32.1. The first kappa shape index (κ1) is 75.6. The third kappa shape index (κ3) is 17.2. The number of allylic oxidation sites excluding steroid dienone is 4. The van der Waals surface area contributed by atoms with Crippen LogP contribution in [-0.4, -0.2) is 202 Å².